The van der Waals surface area contributed by atoms with Crippen LogP contribution in [0.25, 0.3) is 0 Å². The van der Waals surface area contributed by atoms with Gasteiger partial charge in [-0.3, -0.25) is 0 Å². The maximum absolute atomic E-state index is 10.9. The van der Waals surface area contributed by atoms with E-state index in [1.165, 1.54) is 6.92 Å². The van der Waals surface area contributed by atoms with Crippen molar-refractivity contribution in [3.05, 3.63) is 11.6 Å². The second kappa shape index (κ2) is 3.33. The molecule has 0 aromatic carbocycles. The second-order valence-corrected chi connectivity index (χ2v) is 2.17. The largest absolute Gasteiger partial charge is 0.388 e. The third-order valence-corrected chi connectivity index (χ3v) is 1.24. The monoisotopic (exact) mass is 173 g/mol. The Balaban J connectivity index is 2.89. The SMILES string of the molecule is CC(O)C1=CC(=O)ONOC1=O. The maximum atomic E-state index is 10.9. The minimum Gasteiger partial charge on any atom is -0.388 e. The van der Waals surface area contributed by atoms with Gasteiger partial charge in [-0.05, 0) is 6.92 Å². The molecule has 1 unspecified atom stereocenters. The Morgan fingerprint density at radius 2 is 2.17 bits per heavy atom. The molecule has 6 nitrogen and oxygen atoms in total. The van der Waals surface area contributed by atoms with Crippen molar-refractivity contribution in [1.29, 1.82) is 0 Å². The van der Waals surface area contributed by atoms with Gasteiger partial charge < -0.3 is 14.8 Å². The first kappa shape index (κ1) is 8.69. The minimum atomic E-state index is -1.06. The van der Waals surface area contributed by atoms with Crippen molar-refractivity contribution in [2.45, 2.75) is 13.0 Å². The molecule has 1 heterocycles. The lowest BCUT2D eigenvalue weighted by atomic mass is 10.1. The molecule has 0 fully saturated rings. The summed E-state index contributed by atoms with van der Waals surface area (Å²) in [5, 5.41) is 8.99. The topological polar surface area (TPSA) is 84.9 Å². The van der Waals surface area contributed by atoms with Crippen LogP contribution >= 0.6 is 0 Å². The molecule has 0 aliphatic carbocycles. The average Bonchev–Trinajstić information content (AvgIpc) is 2.13. The molecule has 0 aromatic heterocycles. The van der Waals surface area contributed by atoms with E-state index in [0.29, 0.717) is 0 Å². The summed E-state index contributed by atoms with van der Waals surface area (Å²) in [4.78, 5) is 29.8. The molecule has 1 aliphatic rings. The highest BCUT2D eigenvalue weighted by atomic mass is 16.9. The number of carbonyl (C=O) groups is 2. The molecular weight excluding hydrogens is 166 g/mol. The van der Waals surface area contributed by atoms with Crippen LogP contribution in [-0.4, -0.2) is 23.1 Å². The van der Waals surface area contributed by atoms with Crippen molar-refractivity contribution in [2.24, 2.45) is 0 Å². The van der Waals surface area contributed by atoms with Gasteiger partial charge in [0.25, 0.3) is 0 Å². The van der Waals surface area contributed by atoms with Crippen LogP contribution in [0.4, 0.5) is 0 Å². The zero-order chi connectivity index (χ0) is 9.14. The molecule has 1 aliphatic heterocycles. The number of aliphatic hydroxyl groups is 1. The van der Waals surface area contributed by atoms with E-state index in [9.17, 15) is 9.59 Å². The first-order valence-electron chi connectivity index (χ1n) is 3.18. The van der Waals surface area contributed by atoms with E-state index in [-0.39, 0.29) is 5.57 Å². The summed E-state index contributed by atoms with van der Waals surface area (Å²) in [6.45, 7) is 1.34. The van der Waals surface area contributed by atoms with Crippen molar-refractivity contribution in [1.82, 2.24) is 5.64 Å². The molecule has 0 saturated carbocycles. The average molecular weight is 173 g/mol. The van der Waals surface area contributed by atoms with Crippen molar-refractivity contribution in [3.8, 4) is 0 Å². The smallest absolute Gasteiger partial charge is 0.359 e. The molecular formula is C6H7NO5. The van der Waals surface area contributed by atoms with E-state index in [0.717, 1.165) is 6.08 Å². The molecule has 12 heavy (non-hydrogen) atoms. The summed E-state index contributed by atoms with van der Waals surface area (Å²) in [7, 11) is 0. The van der Waals surface area contributed by atoms with Crippen molar-refractivity contribution >= 4 is 11.9 Å². The molecule has 6 heteroatoms. The third kappa shape index (κ3) is 1.80. The molecule has 0 aromatic rings. The highest BCUT2D eigenvalue weighted by Crippen LogP contribution is 2.06. The highest BCUT2D eigenvalue weighted by Gasteiger charge is 2.22. The Hall–Kier alpha value is -1.40. The number of nitrogens with one attached hydrogen (secondary N) is 1. The summed E-state index contributed by atoms with van der Waals surface area (Å²) in [5.41, 5.74) is 1.52. The molecule has 0 amide bonds. The van der Waals surface area contributed by atoms with E-state index in [4.69, 9.17) is 5.11 Å². The summed E-state index contributed by atoms with van der Waals surface area (Å²) in [6, 6.07) is 0. The first-order chi connectivity index (χ1) is 5.61. The normalized spacial score (nSPS) is 20.3. The van der Waals surface area contributed by atoms with Crippen molar-refractivity contribution < 1.29 is 24.4 Å². The zero-order valence-electron chi connectivity index (χ0n) is 6.23. The summed E-state index contributed by atoms with van der Waals surface area (Å²) in [6.07, 6.45) is -0.197. The van der Waals surface area contributed by atoms with Crippen LogP contribution < -0.4 is 5.64 Å². The predicted molar refractivity (Wildman–Crippen MR) is 35.1 cm³/mol. The fourth-order valence-electron chi connectivity index (χ4n) is 0.665. The van der Waals surface area contributed by atoms with Crippen LogP contribution in [0.5, 0.6) is 0 Å². The number of carbonyl (C=O) groups excluding carboxylic acids is 2. The molecule has 0 saturated heterocycles. The van der Waals surface area contributed by atoms with E-state index in [1.807, 2.05) is 0 Å². The molecule has 0 radical (unpaired) electrons. The number of rotatable bonds is 1. The molecule has 0 spiro atoms. The third-order valence-electron chi connectivity index (χ3n) is 1.24. The van der Waals surface area contributed by atoms with Gasteiger partial charge in [-0.2, -0.15) is 0 Å². The summed E-state index contributed by atoms with van der Waals surface area (Å²) in [5.74, 6) is -1.63. The van der Waals surface area contributed by atoms with E-state index in [2.05, 4.69) is 9.68 Å². The lowest BCUT2D eigenvalue weighted by Crippen LogP contribution is -2.22. The fraction of sp³-hybridized carbons (Fsp3) is 0.333. The first-order valence-corrected chi connectivity index (χ1v) is 3.18. The maximum Gasteiger partial charge on any atom is 0.359 e. The Bertz CT molecular complexity index is 244. The number of hydrogen-bond donors (Lipinski definition) is 2. The van der Waals surface area contributed by atoms with Crippen LogP contribution in [-0.2, 0) is 19.3 Å². The van der Waals surface area contributed by atoms with Crippen molar-refractivity contribution in [3.63, 3.8) is 0 Å². The van der Waals surface area contributed by atoms with Gasteiger partial charge in [0.1, 0.15) is 0 Å². The Morgan fingerprint density at radius 3 is 2.75 bits per heavy atom. The minimum absolute atomic E-state index is 0.148. The van der Waals surface area contributed by atoms with E-state index >= 15 is 0 Å². The van der Waals surface area contributed by atoms with E-state index in [1.54, 1.807) is 5.64 Å². The van der Waals surface area contributed by atoms with Gasteiger partial charge >= 0.3 is 11.9 Å². The molecule has 0 bridgehead atoms. The van der Waals surface area contributed by atoms with E-state index < -0.39 is 18.0 Å². The molecule has 2 N–H and O–H groups in total. The number of aliphatic hydroxyl groups excluding tert-OH is 1. The quantitative estimate of drug-likeness (QED) is 0.518. The van der Waals surface area contributed by atoms with Crippen LogP contribution in [0.2, 0.25) is 0 Å². The van der Waals surface area contributed by atoms with Gasteiger partial charge in [-0.15, -0.1) is 0 Å². The lowest BCUT2D eigenvalue weighted by Gasteiger charge is -2.03. The fourth-order valence-corrected chi connectivity index (χ4v) is 0.665. The Morgan fingerprint density at radius 1 is 1.50 bits per heavy atom. The van der Waals surface area contributed by atoms with Gasteiger partial charge in [0.2, 0.25) is 0 Å². The summed E-state index contributed by atoms with van der Waals surface area (Å²) < 4.78 is 0. The van der Waals surface area contributed by atoms with Crippen LogP contribution in [0, 0.1) is 0 Å². The molecule has 66 valence electrons. The van der Waals surface area contributed by atoms with Gasteiger partial charge in [-0.25, -0.2) is 9.59 Å². The lowest BCUT2D eigenvalue weighted by molar-refractivity contribution is -0.189. The van der Waals surface area contributed by atoms with Crippen LogP contribution in [0.15, 0.2) is 11.6 Å². The van der Waals surface area contributed by atoms with Gasteiger partial charge in [0.05, 0.1) is 11.7 Å². The predicted octanol–water partition coefficient (Wildman–Crippen LogP) is -1.19. The molecule has 1 atom stereocenters. The highest BCUT2D eigenvalue weighted by molar-refractivity contribution is 5.97. The van der Waals surface area contributed by atoms with Crippen LogP contribution in [0.1, 0.15) is 6.92 Å². The zero-order valence-corrected chi connectivity index (χ0v) is 6.23. The standard InChI is InChI=1S/C6H7NO5/c1-3(8)4-2-5(9)11-7-12-6(4)10/h2-3,7-8H,1H3. The van der Waals surface area contributed by atoms with Crippen LogP contribution in [0.3, 0.4) is 0 Å². The number of hydrogen-bond acceptors (Lipinski definition) is 6. The van der Waals surface area contributed by atoms with Gasteiger partial charge in [0, 0.05) is 11.7 Å². The van der Waals surface area contributed by atoms with Gasteiger partial charge in [0.15, 0.2) is 0 Å². The summed E-state index contributed by atoms with van der Waals surface area (Å²) >= 11 is 0. The van der Waals surface area contributed by atoms with Crippen molar-refractivity contribution in [2.75, 3.05) is 0 Å². The Kier molecular flexibility index (Phi) is 2.41. The molecule has 1 rings (SSSR count). The second-order valence-electron chi connectivity index (χ2n) is 2.17. The Labute approximate surface area is 67.7 Å². The van der Waals surface area contributed by atoms with Gasteiger partial charge in [-0.1, -0.05) is 0 Å².